The largest absolute Gasteiger partial charge is 0.495 e. The topological polar surface area (TPSA) is 118 Å². The van der Waals surface area contributed by atoms with Crippen molar-refractivity contribution in [1.29, 1.82) is 0 Å². The number of nitrogens with one attached hydrogen (secondary N) is 2. The number of hydrogen-bond donors (Lipinski definition) is 3. The summed E-state index contributed by atoms with van der Waals surface area (Å²) >= 11 is 13.2. The second-order valence-electron chi connectivity index (χ2n) is 10.7. The summed E-state index contributed by atoms with van der Waals surface area (Å²) in [4.78, 5) is 23.2. The molecule has 1 aromatic heterocycles. The number of fused-ring (bicyclic) bond motifs is 1. The molecule has 4 rings (SSSR count). The number of hydrogen-bond acceptors (Lipinski definition) is 9. The average molecular weight is 605 g/mol. The Hall–Kier alpha value is -3.15. The highest BCUT2D eigenvalue weighted by Gasteiger charge is 2.35. The number of ether oxygens (including phenoxy) is 3. The number of likely N-dealkylation sites (tertiary alicyclic amines) is 1. The van der Waals surface area contributed by atoms with Crippen LogP contribution >= 0.6 is 23.2 Å². The Bertz CT molecular complexity index is 1400. The minimum Gasteiger partial charge on any atom is -0.495 e. The van der Waals surface area contributed by atoms with E-state index in [4.69, 9.17) is 42.4 Å². The molecule has 3 N–H and O–H groups in total. The third kappa shape index (κ3) is 7.20. The van der Waals surface area contributed by atoms with Crippen LogP contribution in [0.5, 0.6) is 11.5 Å². The van der Waals surface area contributed by atoms with Gasteiger partial charge in [-0.3, -0.25) is 9.69 Å². The lowest BCUT2D eigenvalue weighted by Crippen LogP contribution is -2.59. The van der Waals surface area contributed by atoms with E-state index in [1.165, 1.54) is 20.3 Å². The molecule has 3 aromatic rings. The molecule has 1 saturated heterocycles. The van der Waals surface area contributed by atoms with Gasteiger partial charge in [-0.2, -0.15) is 0 Å². The summed E-state index contributed by atoms with van der Waals surface area (Å²) in [6.45, 7) is 10.1. The Kier molecular flexibility index (Phi) is 9.61. The van der Waals surface area contributed by atoms with Gasteiger partial charge in [-0.05, 0) is 51.0 Å². The molecule has 3 atom stereocenters. The van der Waals surface area contributed by atoms with Crippen molar-refractivity contribution < 1.29 is 24.1 Å². The molecule has 0 spiro atoms. The predicted octanol–water partition coefficient (Wildman–Crippen LogP) is 4.87. The van der Waals surface area contributed by atoms with E-state index in [0.29, 0.717) is 58.1 Å². The van der Waals surface area contributed by atoms with Crippen LogP contribution in [0.1, 0.15) is 27.2 Å². The zero-order valence-electron chi connectivity index (χ0n) is 23.7. The van der Waals surface area contributed by atoms with E-state index in [0.717, 1.165) is 10.9 Å². The van der Waals surface area contributed by atoms with Crippen LogP contribution in [-0.4, -0.2) is 77.3 Å². The molecule has 1 aliphatic rings. The molecule has 2 heterocycles. The highest BCUT2D eigenvalue weighted by molar-refractivity contribution is 6.41. The maximum absolute atomic E-state index is 12.1. The molecule has 12 heteroatoms. The number of benzene rings is 2. The molecule has 10 nitrogen and oxygen atoms in total. The van der Waals surface area contributed by atoms with Crippen molar-refractivity contribution in [2.75, 3.05) is 32.6 Å². The number of carbonyl (C=O) groups excluding carboxylic acids is 1. The molecule has 0 aliphatic carbocycles. The van der Waals surface area contributed by atoms with E-state index < -0.39 is 12.0 Å². The molecule has 220 valence electrons. The Morgan fingerprint density at radius 1 is 1.17 bits per heavy atom. The number of methoxy groups -OCH3 is 2. The Balaban J connectivity index is 1.61. The number of piperidine rings is 1. The van der Waals surface area contributed by atoms with Gasteiger partial charge in [-0.15, -0.1) is 0 Å². The van der Waals surface area contributed by atoms with Gasteiger partial charge in [0.15, 0.2) is 0 Å². The summed E-state index contributed by atoms with van der Waals surface area (Å²) in [5.41, 5.74) is 1.48. The summed E-state index contributed by atoms with van der Waals surface area (Å²) in [5.74, 6) is 0.980. The lowest BCUT2D eigenvalue weighted by molar-refractivity contribution is -0.243. The van der Waals surface area contributed by atoms with Gasteiger partial charge in [0.25, 0.3) is 0 Å². The quantitative estimate of drug-likeness (QED) is 0.232. The smallest absolute Gasteiger partial charge is 0.243 e. The summed E-state index contributed by atoms with van der Waals surface area (Å²) in [7, 11) is 3.05. The van der Waals surface area contributed by atoms with E-state index in [1.54, 1.807) is 12.3 Å². The van der Waals surface area contributed by atoms with Crippen LogP contribution in [0.25, 0.3) is 22.0 Å². The number of aromatic nitrogens is 2. The van der Waals surface area contributed by atoms with E-state index in [1.807, 2.05) is 43.9 Å². The Morgan fingerprint density at radius 3 is 2.46 bits per heavy atom. The normalized spacial score (nSPS) is 18.5. The fourth-order valence-corrected chi connectivity index (χ4v) is 5.41. The van der Waals surface area contributed by atoms with Crippen molar-refractivity contribution >= 4 is 46.0 Å². The lowest BCUT2D eigenvalue weighted by Gasteiger charge is -2.41. The van der Waals surface area contributed by atoms with Gasteiger partial charge in [0.2, 0.25) is 18.3 Å². The molecule has 1 unspecified atom stereocenters. The van der Waals surface area contributed by atoms with E-state index in [9.17, 15) is 9.90 Å². The third-order valence-electron chi connectivity index (χ3n) is 6.69. The summed E-state index contributed by atoms with van der Waals surface area (Å²) in [6.07, 6.45) is 2.41. The number of rotatable bonds is 9. The highest BCUT2D eigenvalue weighted by Crippen LogP contribution is 2.46. The molecule has 1 fully saturated rings. The molecular formula is C29H35Cl2N5O5. The maximum atomic E-state index is 12.1. The van der Waals surface area contributed by atoms with Crippen LogP contribution in [0.4, 0.5) is 5.95 Å². The molecule has 41 heavy (non-hydrogen) atoms. The zero-order valence-corrected chi connectivity index (χ0v) is 25.2. The summed E-state index contributed by atoms with van der Waals surface area (Å²) < 4.78 is 16.6. The van der Waals surface area contributed by atoms with Gasteiger partial charge in [0, 0.05) is 36.3 Å². The lowest BCUT2D eigenvalue weighted by atomic mass is 9.99. The van der Waals surface area contributed by atoms with Gasteiger partial charge in [0.1, 0.15) is 11.5 Å². The summed E-state index contributed by atoms with van der Waals surface area (Å²) in [5, 5.41) is 18.5. The minimum absolute atomic E-state index is 0.243. The van der Waals surface area contributed by atoms with Crippen LogP contribution in [-0.2, 0) is 9.53 Å². The monoisotopic (exact) mass is 603 g/mol. The molecular weight excluding hydrogens is 569 g/mol. The first-order valence-corrected chi connectivity index (χ1v) is 13.9. The first-order valence-electron chi connectivity index (χ1n) is 13.1. The van der Waals surface area contributed by atoms with Crippen LogP contribution < -0.4 is 20.1 Å². The van der Waals surface area contributed by atoms with Crippen molar-refractivity contribution in [3.8, 4) is 22.6 Å². The highest BCUT2D eigenvalue weighted by atomic mass is 35.5. The van der Waals surface area contributed by atoms with E-state index in [2.05, 4.69) is 22.2 Å². The first kappa shape index (κ1) is 30.8. The van der Waals surface area contributed by atoms with Crippen molar-refractivity contribution in [3.05, 3.63) is 53.2 Å². The van der Waals surface area contributed by atoms with Crippen molar-refractivity contribution in [2.24, 2.45) is 0 Å². The summed E-state index contributed by atoms with van der Waals surface area (Å²) in [6, 6.07) is 6.68. The molecule has 2 aromatic carbocycles. The van der Waals surface area contributed by atoms with Gasteiger partial charge < -0.3 is 30.0 Å². The van der Waals surface area contributed by atoms with Crippen LogP contribution in [0, 0.1) is 0 Å². The number of carbonyl (C=O) groups is 1. The number of amides is 1. The second kappa shape index (κ2) is 12.8. The van der Waals surface area contributed by atoms with Gasteiger partial charge in [-0.25, -0.2) is 9.97 Å². The number of aliphatic hydroxyl groups is 1. The van der Waals surface area contributed by atoms with Crippen molar-refractivity contribution in [1.82, 2.24) is 20.2 Å². The maximum Gasteiger partial charge on any atom is 0.243 e. The first-order chi connectivity index (χ1) is 19.4. The molecule has 1 amide bonds. The zero-order chi connectivity index (χ0) is 29.9. The van der Waals surface area contributed by atoms with Crippen LogP contribution in [0.15, 0.2) is 43.1 Å². The van der Waals surface area contributed by atoms with Gasteiger partial charge in [0.05, 0.1) is 47.5 Å². The Morgan fingerprint density at radius 2 is 1.85 bits per heavy atom. The number of nitrogens with zero attached hydrogens (tertiary/aromatic N) is 3. The molecule has 0 saturated carbocycles. The van der Waals surface area contributed by atoms with Crippen LogP contribution in [0.3, 0.4) is 0 Å². The van der Waals surface area contributed by atoms with Crippen LogP contribution in [0.2, 0.25) is 10.0 Å². The van der Waals surface area contributed by atoms with E-state index >= 15 is 0 Å². The number of halogens is 2. The number of aliphatic hydroxyl groups excluding tert-OH is 1. The average Bonchev–Trinajstić information content (AvgIpc) is 2.93. The Labute approximate surface area is 249 Å². The molecule has 0 radical (unpaired) electrons. The number of anilines is 1. The molecule has 1 aliphatic heterocycles. The minimum atomic E-state index is -1.10. The van der Waals surface area contributed by atoms with E-state index in [-0.39, 0.29) is 18.0 Å². The van der Waals surface area contributed by atoms with Gasteiger partial charge in [-0.1, -0.05) is 35.8 Å². The standard InChI is InChI=1S/C29H35Cl2N5O5/c1-7-23(37)33-19-10-11-36(28(38)41-29(2,3)4)15-20(19)35-27-32-14-17-12-16(8-9-18(17)34-27)24-25(30)21(39-5)13-22(40-6)26(24)31/h7-9,12-14,19-20,28,38H,1,10-11,15H2,2-6H3,(H,33,37)(H,32,34,35)/t19-,20+,28?/m0/s1. The van der Waals surface area contributed by atoms with Gasteiger partial charge >= 0.3 is 0 Å². The third-order valence-corrected chi connectivity index (χ3v) is 7.44. The van der Waals surface area contributed by atoms with Crippen molar-refractivity contribution in [2.45, 2.75) is 51.3 Å². The molecule has 0 bridgehead atoms. The second-order valence-corrected chi connectivity index (χ2v) is 11.4. The van der Waals surface area contributed by atoms with Crippen molar-refractivity contribution in [3.63, 3.8) is 0 Å². The fourth-order valence-electron chi connectivity index (χ4n) is 4.69. The SMILES string of the molecule is C=CC(=O)N[C@H]1CCN(C(O)OC(C)(C)C)C[C@H]1Nc1ncc2cc(-c3c(Cl)c(OC)cc(OC)c3Cl)ccc2n1. The predicted molar refractivity (Wildman–Crippen MR) is 161 cm³/mol. The fraction of sp³-hybridized carbons (Fsp3) is 0.414.